The number of hydrogen-bond acceptors (Lipinski definition) is 4. The van der Waals surface area contributed by atoms with E-state index in [-0.39, 0.29) is 0 Å². The predicted molar refractivity (Wildman–Crippen MR) is 87.6 cm³/mol. The number of thiazole rings is 1. The molecule has 0 radical (unpaired) electrons. The van der Waals surface area contributed by atoms with Crippen LogP contribution in [0.25, 0.3) is 10.2 Å². The van der Waals surface area contributed by atoms with Gasteiger partial charge in [-0.15, -0.1) is 0 Å². The van der Waals surface area contributed by atoms with Crippen LogP contribution in [0, 0.1) is 0 Å². The van der Waals surface area contributed by atoms with Gasteiger partial charge in [0.05, 0.1) is 17.3 Å². The summed E-state index contributed by atoms with van der Waals surface area (Å²) in [5, 5.41) is 0.758. The van der Waals surface area contributed by atoms with Gasteiger partial charge in [-0.05, 0) is 48.0 Å². The van der Waals surface area contributed by atoms with Crippen LogP contribution in [-0.2, 0) is 0 Å². The number of benzene rings is 2. The average Bonchev–Trinajstić information content (AvgIpc) is 2.87. The number of ether oxygens (including phenoxy) is 1. The van der Waals surface area contributed by atoms with Crippen LogP contribution in [0.5, 0.6) is 5.75 Å². The monoisotopic (exact) mass is 346 g/mol. The Morgan fingerprint density at radius 1 is 1.20 bits per heavy atom. The summed E-state index contributed by atoms with van der Waals surface area (Å²) in [4.78, 5) is 8.90. The molecule has 1 heterocycles. The van der Waals surface area contributed by atoms with Crippen molar-refractivity contribution in [2.75, 3.05) is 7.11 Å². The van der Waals surface area contributed by atoms with E-state index >= 15 is 0 Å². The van der Waals surface area contributed by atoms with E-state index in [1.807, 2.05) is 42.6 Å². The van der Waals surface area contributed by atoms with E-state index in [9.17, 15) is 0 Å². The Labute approximate surface area is 129 Å². The molecule has 0 saturated carbocycles. The molecule has 20 heavy (non-hydrogen) atoms. The minimum absolute atomic E-state index is 0.758. The summed E-state index contributed by atoms with van der Waals surface area (Å²) < 4.78 is 7.30. The van der Waals surface area contributed by atoms with Crippen LogP contribution in [0.15, 0.2) is 51.9 Å². The highest BCUT2D eigenvalue weighted by molar-refractivity contribution is 9.10. The van der Waals surface area contributed by atoms with Crippen molar-refractivity contribution in [1.29, 1.82) is 0 Å². The van der Waals surface area contributed by atoms with E-state index < -0.39 is 0 Å². The van der Waals surface area contributed by atoms with Crippen molar-refractivity contribution in [3.05, 3.63) is 52.5 Å². The van der Waals surface area contributed by atoms with E-state index in [4.69, 9.17) is 4.74 Å². The van der Waals surface area contributed by atoms with Crippen LogP contribution in [0.2, 0.25) is 0 Å². The van der Waals surface area contributed by atoms with Crippen LogP contribution in [0.1, 0.15) is 5.56 Å². The van der Waals surface area contributed by atoms with Gasteiger partial charge in [0.1, 0.15) is 5.75 Å². The van der Waals surface area contributed by atoms with Crippen LogP contribution >= 0.6 is 27.3 Å². The van der Waals surface area contributed by atoms with Gasteiger partial charge in [-0.2, -0.15) is 0 Å². The van der Waals surface area contributed by atoms with E-state index in [0.29, 0.717) is 0 Å². The fourth-order valence-electron chi connectivity index (χ4n) is 1.76. The van der Waals surface area contributed by atoms with Crippen molar-refractivity contribution < 1.29 is 4.74 Å². The molecule has 0 saturated heterocycles. The second-order valence-electron chi connectivity index (χ2n) is 4.14. The second kappa shape index (κ2) is 5.73. The van der Waals surface area contributed by atoms with Gasteiger partial charge in [0.2, 0.25) is 5.13 Å². The molecule has 2 aromatic carbocycles. The molecule has 0 unspecified atom stereocenters. The third-order valence-electron chi connectivity index (χ3n) is 2.78. The quantitative estimate of drug-likeness (QED) is 0.637. The number of rotatable bonds is 3. The lowest BCUT2D eigenvalue weighted by Gasteiger charge is -1.98. The maximum absolute atomic E-state index is 5.12. The van der Waals surface area contributed by atoms with Crippen LogP contribution < -0.4 is 4.74 Å². The molecule has 5 heteroatoms. The smallest absolute Gasteiger partial charge is 0.210 e. The first-order valence-electron chi connectivity index (χ1n) is 5.99. The summed E-state index contributed by atoms with van der Waals surface area (Å²) in [6, 6.07) is 13.8. The summed E-state index contributed by atoms with van der Waals surface area (Å²) >= 11 is 5.03. The number of nitrogens with zero attached hydrogens (tertiary/aromatic N) is 2. The number of aromatic nitrogens is 1. The first kappa shape index (κ1) is 13.3. The molecule has 0 amide bonds. The topological polar surface area (TPSA) is 34.5 Å². The number of fused-ring (bicyclic) bond motifs is 1. The zero-order valence-corrected chi connectivity index (χ0v) is 13.1. The number of halogens is 1. The molecular weight excluding hydrogens is 336 g/mol. The van der Waals surface area contributed by atoms with Gasteiger partial charge in [-0.3, -0.25) is 0 Å². The standard InChI is InChI=1S/C15H11BrN2OS/c1-19-12-5-2-10(3-6-12)9-17-15-18-13-7-4-11(16)8-14(13)20-15/h2-9H,1H3/b17-9+. The lowest BCUT2D eigenvalue weighted by molar-refractivity contribution is 0.415. The summed E-state index contributed by atoms with van der Waals surface area (Å²) in [5.41, 5.74) is 1.99. The van der Waals surface area contributed by atoms with Gasteiger partial charge in [0.15, 0.2) is 0 Å². The highest BCUT2D eigenvalue weighted by Crippen LogP contribution is 2.30. The fraction of sp³-hybridized carbons (Fsp3) is 0.0667. The zero-order chi connectivity index (χ0) is 13.9. The van der Waals surface area contributed by atoms with Crippen molar-refractivity contribution in [3.63, 3.8) is 0 Å². The van der Waals surface area contributed by atoms with Crippen molar-refractivity contribution in [2.24, 2.45) is 4.99 Å². The fourth-order valence-corrected chi connectivity index (χ4v) is 3.12. The second-order valence-corrected chi connectivity index (χ2v) is 6.06. The van der Waals surface area contributed by atoms with E-state index in [1.165, 1.54) is 0 Å². The summed E-state index contributed by atoms with van der Waals surface area (Å²) in [7, 11) is 1.66. The molecular formula is C15H11BrN2OS. The Kier molecular flexibility index (Phi) is 3.80. The number of hydrogen-bond donors (Lipinski definition) is 0. The molecule has 3 aromatic rings. The number of aliphatic imine (C=N–C) groups is 1. The lowest BCUT2D eigenvalue weighted by atomic mass is 10.2. The minimum Gasteiger partial charge on any atom is -0.497 e. The normalized spacial score (nSPS) is 11.3. The summed E-state index contributed by atoms with van der Waals surface area (Å²) in [6.45, 7) is 0. The minimum atomic E-state index is 0.758. The first-order valence-corrected chi connectivity index (χ1v) is 7.60. The Bertz CT molecular complexity index is 765. The molecule has 0 aliphatic carbocycles. The van der Waals surface area contributed by atoms with Crippen molar-refractivity contribution >= 4 is 48.8 Å². The highest BCUT2D eigenvalue weighted by Gasteiger charge is 2.02. The Hall–Kier alpha value is -1.72. The molecule has 0 bridgehead atoms. The molecule has 0 spiro atoms. The molecule has 3 rings (SSSR count). The van der Waals surface area contributed by atoms with Crippen molar-refractivity contribution in [3.8, 4) is 5.75 Å². The Morgan fingerprint density at radius 3 is 2.75 bits per heavy atom. The SMILES string of the molecule is COc1ccc(/C=N/c2nc3ccc(Br)cc3s2)cc1. The summed E-state index contributed by atoms with van der Waals surface area (Å²) in [6.07, 6.45) is 1.81. The third-order valence-corrected chi connectivity index (χ3v) is 4.20. The predicted octanol–water partition coefficient (Wildman–Crippen LogP) is 4.82. The van der Waals surface area contributed by atoms with Crippen LogP contribution in [0.4, 0.5) is 5.13 Å². The van der Waals surface area contributed by atoms with Gasteiger partial charge >= 0.3 is 0 Å². The molecule has 100 valence electrons. The largest absolute Gasteiger partial charge is 0.497 e. The van der Waals surface area contributed by atoms with Gasteiger partial charge in [-0.1, -0.05) is 27.3 Å². The Morgan fingerprint density at radius 2 is 2.00 bits per heavy atom. The van der Waals surface area contributed by atoms with Crippen LogP contribution in [0.3, 0.4) is 0 Å². The molecule has 0 fully saturated rings. The van der Waals surface area contributed by atoms with Crippen molar-refractivity contribution in [2.45, 2.75) is 0 Å². The molecule has 0 N–H and O–H groups in total. The highest BCUT2D eigenvalue weighted by atomic mass is 79.9. The zero-order valence-electron chi connectivity index (χ0n) is 10.7. The van der Waals surface area contributed by atoms with E-state index in [1.54, 1.807) is 18.4 Å². The maximum Gasteiger partial charge on any atom is 0.210 e. The van der Waals surface area contributed by atoms with Crippen LogP contribution in [-0.4, -0.2) is 18.3 Å². The van der Waals surface area contributed by atoms with E-state index in [2.05, 4.69) is 32.0 Å². The molecule has 0 aliphatic rings. The van der Waals surface area contributed by atoms with Gasteiger partial charge in [0.25, 0.3) is 0 Å². The number of methoxy groups -OCH3 is 1. The van der Waals surface area contributed by atoms with Gasteiger partial charge < -0.3 is 4.74 Å². The lowest BCUT2D eigenvalue weighted by Crippen LogP contribution is -1.84. The van der Waals surface area contributed by atoms with Gasteiger partial charge in [0, 0.05) is 10.7 Å². The average molecular weight is 347 g/mol. The summed E-state index contributed by atoms with van der Waals surface area (Å²) in [5.74, 6) is 0.840. The molecule has 0 atom stereocenters. The third kappa shape index (κ3) is 2.89. The first-order chi connectivity index (χ1) is 9.74. The maximum atomic E-state index is 5.12. The molecule has 0 aliphatic heterocycles. The Balaban J connectivity index is 1.85. The van der Waals surface area contributed by atoms with Gasteiger partial charge in [-0.25, -0.2) is 9.98 Å². The molecule has 1 aromatic heterocycles. The molecule has 3 nitrogen and oxygen atoms in total. The van der Waals surface area contributed by atoms with E-state index in [0.717, 1.165) is 31.1 Å². The van der Waals surface area contributed by atoms with Crippen molar-refractivity contribution in [1.82, 2.24) is 4.98 Å².